The van der Waals surface area contributed by atoms with Crippen molar-refractivity contribution in [2.24, 2.45) is 0 Å². The molecule has 0 aliphatic rings. The van der Waals surface area contributed by atoms with Crippen molar-refractivity contribution in [2.45, 2.75) is 6.54 Å². The summed E-state index contributed by atoms with van der Waals surface area (Å²) in [5.74, 6) is 2.25. The first-order valence-electron chi connectivity index (χ1n) is 6.70. The van der Waals surface area contributed by atoms with Gasteiger partial charge < -0.3 is 10.1 Å². The molecule has 3 aromatic rings. The van der Waals surface area contributed by atoms with Crippen LogP contribution in [0.1, 0.15) is 5.82 Å². The van der Waals surface area contributed by atoms with Crippen LogP contribution in [0.2, 0.25) is 0 Å². The average Bonchev–Trinajstić information content (AvgIpc) is 3.03. The number of rotatable bonds is 5. The molecule has 0 saturated heterocycles. The van der Waals surface area contributed by atoms with Crippen LogP contribution in [-0.4, -0.2) is 22.3 Å². The molecule has 1 aromatic heterocycles. The van der Waals surface area contributed by atoms with Gasteiger partial charge in [-0.15, -0.1) is 0 Å². The zero-order chi connectivity index (χ0) is 14.5. The zero-order valence-corrected chi connectivity index (χ0v) is 11.7. The highest BCUT2D eigenvalue weighted by Gasteiger charge is 2.06. The molecule has 2 N–H and O–H groups in total. The molecular weight excluding hydrogens is 264 g/mol. The number of ether oxygens (including phenoxy) is 1. The quantitative estimate of drug-likeness (QED) is 0.754. The lowest BCUT2D eigenvalue weighted by molar-refractivity contribution is 0.415. The number of aromatic amines is 1. The molecule has 5 nitrogen and oxygen atoms in total. The van der Waals surface area contributed by atoms with Gasteiger partial charge in [0.1, 0.15) is 11.6 Å². The molecule has 0 unspecified atom stereocenters. The first-order valence-corrected chi connectivity index (χ1v) is 6.70. The number of anilines is 1. The number of aromatic nitrogens is 3. The Bertz CT molecular complexity index is 709. The number of nitrogens with one attached hydrogen (secondary N) is 2. The molecule has 0 saturated carbocycles. The van der Waals surface area contributed by atoms with E-state index in [0.29, 0.717) is 12.4 Å². The molecule has 0 spiro atoms. The molecule has 1 heterocycles. The fraction of sp³-hybridized carbons (Fsp3) is 0.125. The number of methoxy groups -OCH3 is 1. The van der Waals surface area contributed by atoms with Crippen molar-refractivity contribution in [3.8, 4) is 17.1 Å². The minimum atomic E-state index is 0.598. The highest BCUT2D eigenvalue weighted by atomic mass is 16.5. The minimum Gasteiger partial charge on any atom is -0.497 e. The minimum absolute atomic E-state index is 0.598. The van der Waals surface area contributed by atoms with Crippen molar-refractivity contribution in [2.75, 3.05) is 12.4 Å². The van der Waals surface area contributed by atoms with Crippen LogP contribution >= 0.6 is 0 Å². The SMILES string of the molecule is COc1cccc(-c2n[nH]c(CNc3ccccc3)n2)c1. The van der Waals surface area contributed by atoms with Crippen LogP contribution in [0.5, 0.6) is 5.75 Å². The number of para-hydroxylation sites is 1. The molecule has 0 atom stereocenters. The second kappa shape index (κ2) is 6.09. The van der Waals surface area contributed by atoms with Gasteiger partial charge in [0.25, 0.3) is 0 Å². The Hall–Kier alpha value is -2.82. The van der Waals surface area contributed by atoms with Gasteiger partial charge in [-0.1, -0.05) is 30.3 Å². The Morgan fingerprint density at radius 2 is 1.95 bits per heavy atom. The smallest absolute Gasteiger partial charge is 0.181 e. The van der Waals surface area contributed by atoms with Crippen LogP contribution in [0.15, 0.2) is 54.6 Å². The molecule has 5 heteroatoms. The van der Waals surface area contributed by atoms with Crippen LogP contribution < -0.4 is 10.1 Å². The van der Waals surface area contributed by atoms with Gasteiger partial charge in [0.05, 0.1) is 13.7 Å². The molecule has 2 aromatic carbocycles. The summed E-state index contributed by atoms with van der Waals surface area (Å²) in [5, 5.41) is 10.5. The summed E-state index contributed by atoms with van der Waals surface area (Å²) in [5.41, 5.74) is 1.98. The van der Waals surface area contributed by atoms with E-state index in [4.69, 9.17) is 4.74 Å². The maximum absolute atomic E-state index is 5.21. The largest absolute Gasteiger partial charge is 0.497 e. The number of benzene rings is 2. The van der Waals surface area contributed by atoms with Gasteiger partial charge in [0, 0.05) is 11.3 Å². The van der Waals surface area contributed by atoms with Crippen LogP contribution in [-0.2, 0) is 6.54 Å². The second-order valence-corrected chi connectivity index (χ2v) is 4.56. The van der Waals surface area contributed by atoms with Gasteiger partial charge in [0.2, 0.25) is 0 Å². The molecule has 0 bridgehead atoms. The van der Waals surface area contributed by atoms with E-state index in [1.807, 2.05) is 54.6 Å². The lowest BCUT2D eigenvalue weighted by Crippen LogP contribution is -2.00. The normalized spacial score (nSPS) is 10.3. The number of H-pyrrole nitrogens is 1. The Morgan fingerprint density at radius 1 is 1.10 bits per heavy atom. The third kappa shape index (κ3) is 3.20. The van der Waals surface area contributed by atoms with Crippen molar-refractivity contribution in [1.82, 2.24) is 15.2 Å². The van der Waals surface area contributed by atoms with Gasteiger partial charge in [-0.05, 0) is 24.3 Å². The molecule has 106 valence electrons. The predicted octanol–water partition coefficient (Wildman–Crippen LogP) is 3.09. The van der Waals surface area contributed by atoms with Crippen LogP contribution in [0.3, 0.4) is 0 Å². The predicted molar refractivity (Wildman–Crippen MR) is 82.1 cm³/mol. The average molecular weight is 280 g/mol. The molecule has 21 heavy (non-hydrogen) atoms. The molecular formula is C16H16N4O. The van der Waals surface area contributed by atoms with Gasteiger partial charge in [-0.2, -0.15) is 5.10 Å². The monoisotopic (exact) mass is 280 g/mol. The topological polar surface area (TPSA) is 62.8 Å². The summed E-state index contributed by atoms with van der Waals surface area (Å²) < 4.78 is 5.21. The van der Waals surface area contributed by atoms with Gasteiger partial charge >= 0.3 is 0 Å². The third-order valence-electron chi connectivity index (χ3n) is 3.09. The summed E-state index contributed by atoms with van der Waals surface area (Å²) in [6, 6.07) is 17.7. The molecule has 0 fully saturated rings. The first-order chi connectivity index (χ1) is 10.3. The van der Waals surface area contributed by atoms with E-state index in [9.17, 15) is 0 Å². The third-order valence-corrected chi connectivity index (χ3v) is 3.09. The summed E-state index contributed by atoms with van der Waals surface area (Å²) in [4.78, 5) is 4.49. The molecule has 0 amide bonds. The Balaban J connectivity index is 1.71. The second-order valence-electron chi connectivity index (χ2n) is 4.56. The van der Waals surface area contributed by atoms with E-state index in [1.54, 1.807) is 7.11 Å². The first kappa shape index (κ1) is 13.2. The van der Waals surface area contributed by atoms with E-state index in [1.165, 1.54) is 0 Å². The number of nitrogens with zero attached hydrogens (tertiary/aromatic N) is 2. The summed E-state index contributed by atoms with van der Waals surface area (Å²) in [6.07, 6.45) is 0. The van der Waals surface area contributed by atoms with Crippen LogP contribution in [0.4, 0.5) is 5.69 Å². The fourth-order valence-corrected chi connectivity index (χ4v) is 2.01. The maximum atomic E-state index is 5.21. The van der Waals surface area contributed by atoms with E-state index in [-0.39, 0.29) is 0 Å². The molecule has 0 radical (unpaired) electrons. The van der Waals surface area contributed by atoms with Crippen molar-refractivity contribution in [3.05, 3.63) is 60.4 Å². The van der Waals surface area contributed by atoms with Crippen LogP contribution in [0, 0.1) is 0 Å². The summed E-state index contributed by atoms with van der Waals surface area (Å²) in [6.45, 7) is 0.598. The van der Waals surface area contributed by atoms with Crippen molar-refractivity contribution in [1.29, 1.82) is 0 Å². The Morgan fingerprint density at radius 3 is 2.76 bits per heavy atom. The zero-order valence-electron chi connectivity index (χ0n) is 11.7. The highest BCUT2D eigenvalue weighted by molar-refractivity contribution is 5.57. The number of hydrogen-bond donors (Lipinski definition) is 2. The summed E-state index contributed by atoms with van der Waals surface area (Å²) in [7, 11) is 1.65. The Kier molecular flexibility index (Phi) is 3.82. The molecule has 3 rings (SSSR count). The molecule has 0 aliphatic carbocycles. The van der Waals surface area contributed by atoms with E-state index in [2.05, 4.69) is 20.5 Å². The highest BCUT2D eigenvalue weighted by Crippen LogP contribution is 2.20. The standard InChI is InChI=1S/C16H16N4O/c1-21-14-9-5-6-12(10-14)16-18-15(19-20-16)11-17-13-7-3-2-4-8-13/h2-10,17H,11H2,1H3,(H,18,19,20). The van der Waals surface area contributed by atoms with Gasteiger partial charge in [0.15, 0.2) is 5.82 Å². The van der Waals surface area contributed by atoms with Crippen molar-refractivity contribution in [3.63, 3.8) is 0 Å². The van der Waals surface area contributed by atoms with Crippen molar-refractivity contribution >= 4 is 5.69 Å². The van der Waals surface area contributed by atoms with Crippen molar-refractivity contribution < 1.29 is 4.74 Å². The van der Waals surface area contributed by atoms with Gasteiger partial charge in [-0.25, -0.2) is 4.98 Å². The lowest BCUT2D eigenvalue weighted by Gasteiger charge is -2.02. The lowest BCUT2D eigenvalue weighted by atomic mass is 10.2. The van der Waals surface area contributed by atoms with E-state index >= 15 is 0 Å². The van der Waals surface area contributed by atoms with Gasteiger partial charge in [-0.3, -0.25) is 5.10 Å². The van der Waals surface area contributed by atoms with E-state index in [0.717, 1.165) is 22.8 Å². The summed E-state index contributed by atoms with van der Waals surface area (Å²) >= 11 is 0. The fourth-order valence-electron chi connectivity index (χ4n) is 2.01. The number of hydrogen-bond acceptors (Lipinski definition) is 4. The van der Waals surface area contributed by atoms with E-state index < -0.39 is 0 Å². The Labute approximate surface area is 123 Å². The van der Waals surface area contributed by atoms with Crippen LogP contribution in [0.25, 0.3) is 11.4 Å². The molecule has 0 aliphatic heterocycles. The maximum Gasteiger partial charge on any atom is 0.181 e.